The van der Waals surface area contributed by atoms with E-state index >= 15 is 0 Å². The zero-order valence-electron chi connectivity index (χ0n) is 3.50. The topological polar surface area (TPSA) is 25.8 Å². The summed E-state index contributed by atoms with van der Waals surface area (Å²) >= 11 is 5.37. The zero-order valence-corrected chi connectivity index (χ0v) is 4.26. The summed E-state index contributed by atoms with van der Waals surface area (Å²) in [5.74, 6) is 0. The van der Waals surface area contributed by atoms with Gasteiger partial charge in [0.25, 0.3) is 0 Å². The van der Waals surface area contributed by atoms with Gasteiger partial charge in [0, 0.05) is 12.4 Å². The first-order chi connectivity index (χ1) is 3.39. The molecule has 0 aliphatic carbocycles. The second kappa shape index (κ2) is 4.27. The molecule has 38 valence electrons. The van der Waals surface area contributed by atoms with Crippen LogP contribution in [0.25, 0.3) is 0 Å². The van der Waals surface area contributed by atoms with Crippen molar-refractivity contribution >= 4 is 41.2 Å². The Balaban J connectivity index is 0.000000490. The second-order valence-corrected chi connectivity index (χ2v) is 1.42. The molecule has 0 saturated heterocycles. The summed E-state index contributed by atoms with van der Waals surface area (Å²) < 4.78 is 0. The summed E-state index contributed by atoms with van der Waals surface area (Å²) in [6.45, 7) is 0. The van der Waals surface area contributed by atoms with Crippen LogP contribution in [0.5, 0.6) is 0 Å². The van der Waals surface area contributed by atoms with E-state index in [1.807, 2.05) is 0 Å². The fourth-order valence-corrected chi connectivity index (χ4v) is 0.394. The first-order valence-electron chi connectivity index (χ1n) is 1.81. The molecule has 0 spiro atoms. The van der Waals surface area contributed by atoms with Crippen molar-refractivity contribution in [2.75, 3.05) is 0 Å². The first kappa shape index (κ1) is 8.37. The van der Waals surface area contributed by atoms with Gasteiger partial charge in [0.1, 0.15) is 5.15 Å². The van der Waals surface area contributed by atoms with Gasteiger partial charge < -0.3 is 0 Å². The maximum atomic E-state index is 5.37. The van der Waals surface area contributed by atoms with Crippen molar-refractivity contribution in [3.8, 4) is 0 Å². The van der Waals surface area contributed by atoms with Gasteiger partial charge in [0.05, 0.1) is 6.20 Å². The van der Waals surface area contributed by atoms with E-state index in [0.29, 0.717) is 5.15 Å². The van der Waals surface area contributed by atoms with Crippen molar-refractivity contribution < 1.29 is 0 Å². The molecule has 0 radical (unpaired) electrons. The van der Waals surface area contributed by atoms with Gasteiger partial charge in [0.2, 0.25) is 0 Å². The average Bonchev–Trinajstić information content (AvgIpc) is 1.69. The van der Waals surface area contributed by atoms with E-state index in [-0.39, 0.29) is 29.6 Å². The molecule has 0 aliphatic rings. The Morgan fingerprint density at radius 2 is 2.12 bits per heavy atom. The normalized spacial score (nSPS) is 7.62. The van der Waals surface area contributed by atoms with Crippen LogP contribution in [0.1, 0.15) is 0 Å². The Morgan fingerprint density at radius 1 is 1.38 bits per heavy atom. The van der Waals surface area contributed by atoms with Gasteiger partial charge in [-0.25, -0.2) is 4.98 Å². The van der Waals surface area contributed by atoms with E-state index in [4.69, 9.17) is 11.6 Å². The molecule has 1 rings (SSSR count). The molecule has 0 bridgehead atoms. The minimum absolute atomic E-state index is 0. The Labute approximate surface area is 74.6 Å². The van der Waals surface area contributed by atoms with Gasteiger partial charge in [-0.05, 0) is 0 Å². The van der Waals surface area contributed by atoms with Crippen molar-refractivity contribution in [2.45, 2.75) is 0 Å². The molecular formula is C4H4ClN2Na. The molecule has 0 saturated carbocycles. The summed E-state index contributed by atoms with van der Waals surface area (Å²) in [6.07, 6.45) is 4.61. The molecule has 0 aromatic carbocycles. The van der Waals surface area contributed by atoms with Gasteiger partial charge in [-0.1, -0.05) is 11.6 Å². The Morgan fingerprint density at radius 3 is 2.38 bits per heavy atom. The standard InChI is InChI=1S/C4H3ClN2.Na.H/c5-4-3-6-1-2-7-4;;/h1-3H;;. The van der Waals surface area contributed by atoms with Crippen LogP contribution in [0.2, 0.25) is 5.15 Å². The second-order valence-electron chi connectivity index (χ2n) is 1.03. The quantitative estimate of drug-likeness (QED) is 0.488. The molecule has 0 N–H and O–H groups in total. The molecule has 2 nitrogen and oxygen atoms in total. The van der Waals surface area contributed by atoms with Crippen LogP contribution < -0.4 is 0 Å². The van der Waals surface area contributed by atoms with E-state index in [9.17, 15) is 0 Å². The van der Waals surface area contributed by atoms with Crippen LogP contribution in [-0.4, -0.2) is 39.5 Å². The fraction of sp³-hybridized carbons (Fsp3) is 0. The molecule has 4 heteroatoms. The van der Waals surface area contributed by atoms with E-state index < -0.39 is 0 Å². The van der Waals surface area contributed by atoms with Crippen molar-refractivity contribution in [2.24, 2.45) is 0 Å². The number of hydrogen-bond donors (Lipinski definition) is 0. The van der Waals surface area contributed by atoms with Crippen molar-refractivity contribution in [1.82, 2.24) is 9.97 Å². The third kappa shape index (κ3) is 2.62. The van der Waals surface area contributed by atoms with Crippen LogP contribution in [0.15, 0.2) is 18.6 Å². The molecular weight excluding hydrogens is 135 g/mol. The van der Waals surface area contributed by atoms with Gasteiger partial charge in [-0.2, -0.15) is 0 Å². The van der Waals surface area contributed by atoms with Crippen LogP contribution in [0.4, 0.5) is 0 Å². The number of nitrogens with zero attached hydrogens (tertiary/aromatic N) is 2. The predicted molar refractivity (Wildman–Crippen MR) is 34.2 cm³/mol. The van der Waals surface area contributed by atoms with Crippen LogP contribution in [-0.2, 0) is 0 Å². The molecule has 1 aromatic heterocycles. The Hall–Kier alpha value is 0.370. The van der Waals surface area contributed by atoms with Gasteiger partial charge in [-0.3, -0.25) is 4.98 Å². The third-order valence-electron chi connectivity index (χ3n) is 0.532. The maximum absolute atomic E-state index is 5.37. The van der Waals surface area contributed by atoms with Crippen molar-refractivity contribution in [1.29, 1.82) is 0 Å². The van der Waals surface area contributed by atoms with Gasteiger partial charge in [0.15, 0.2) is 0 Å². The van der Waals surface area contributed by atoms with Gasteiger partial charge in [-0.15, -0.1) is 0 Å². The molecule has 1 heterocycles. The third-order valence-corrected chi connectivity index (χ3v) is 0.727. The molecule has 8 heavy (non-hydrogen) atoms. The summed E-state index contributed by atoms with van der Waals surface area (Å²) in [5.41, 5.74) is 0. The predicted octanol–water partition coefficient (Wildman–Crippen LogP) is 0.481. The number of rotatable bonds is 0. The molecule has 0 unspecified atom stereocenters. The number of aromatic nitrogens is 2. The van der Waals surface area contributed by atoms with E-state index in [2.05, 4.69) is 9.97 Å². The summed E-state index contributed by atoms with van der Waals surface area (Å²) in [7, 11) is 0. The van der Waals surface area contributed by atoms with Crippen molar-refractivity contribution in [3.63, 3.8) is 0 Å². The first-order valence-corrected chi connectivity index (χ1v) is 2.19. The zero-order chi connectivity index (χ0) is 5.11. The van der Waals surface area contributed by atoms with Gasteiger partial charge >= 0.3 is 29.6 Å². The monoisotopic (exact) mass is 138 g/mol. The van der Waals surface area contributed by atoms with Crippen LogP contribution in [0, 0.1) is 0 Å². The average molecular weight is 139 g/mol. The molecule has 0 aliphatic heterocycles. The molecule has 0 atom stereocenters. The Bertz CT molecular complexity index is 144. The van der Waals surface area contributed by atoms with Crippen LogP contribution >= 0.6 is 11.6 Å². The fourth-order valence-electron chi connectivity index (χ4n) is 0.281. The van der Waals surface area contributed by atoms with Crippen LogP contribution in [0.3, 0.4) is 0 Å². The van der Waals surface area contributed by atoms with Crippen molar-refractivity contribution in [3.05, 3.63) is 23.7 Å². The molecule has 0 amide bonds. The summed E-state index contributed by atoms with van der Waals surface area (Å²) in [4.78, 5) is 7.37. The summed E-state index contributed by atoms with van der Waals surface area (Å²) in [6, 6.07) is 0. The molecule has 1 aromatic rings. The number of halogens is 1. The SMILES string of the molecule is Clc1cnccn1.[NaH]. The minimum atomic E-state index is 0. The molecule has 0 fully saturated rings. The summed E-state index contributed by atoms with van der Waals surface area (Å²) in [5, 5.41) is 0.433. The number of hydrogen-bond acceptors (Lipinski definition) is 2. The Kier molecular flexibility index (Phi) is 4.47. The van der Waals surface area contributed by atoms with E-state index in [1.54, 1.807) is 12.4 Å². The van der Waals surface area contributed by atoms with E-state index in [0.717, 1.165) is 0 Å². The van der Waals surface area contributed by atoms with E-state index in [1.165, 1.54) is 6.20 Å².